The van der Waals surface area contributed by atoms with Gasteiger partial charge in [-0.05, 0) is 25.9 Å². The molecule has 1 saturated heterocycles. The third kappa shape index (κ3) is 2.89. The van der Waals surface area contributed by atoms with Crippen molar-refractivity contribution in [3.63, 3.8) is 0 Å². The summed E-state index contributed by atoms with van der Waals surface area (Å²) >= 11 is 0. The fraction of sp³-hybridized carbons (Fsp3) is 0.692. The second-order valence-electron chi connectivity index (χ2n) is 4.93. The van der Waals surface area contributed by atoms with Gasteiger partial charge in [0, 0.05) is 19.6 Å². The Morgan fingerprint density at radius 3 is 3.00 bits per heavy atom. The molecule has 0 amide bonds. The summed E-state index contributed by atoms with van der Waals surface area (Å²) in [5.41, 5.74) is 6.54. The number of hydrogen-bond donors (Lipinski definition) is 1. The van der Waals surface area contributed by atoms with E-state index in [1.165, 1.54) is 25.7 Å². The Morgan fingerprint density at radius 1 is 1.53 bits per heavy atom. The highest BCUT2D eigenvalue weighted by Crippen LogP contribution is 2.28. The van der Waals surface area contributed by atoms with Crippen molar-refractivity contribution in [1.29, 1.82) is 0 Å². The number of nitrogen functional groups attached to an aromatic ring is 1. The molecule has 2 heterocycles. The molecule has 1 aliphatic heterocycles. The monoisotopic (exact) mass is 265 g/mol. The van der Waals surface area contributed by atoms with Crippen LogP contribution in [0.25, 0.3) is 0 Å². The van der Waals surface area contributed by atoms with Crippen LogP contribution in [0.2, 0.25) is 0 Å². The first kappa shape index (κ1) is 13.9. The lowest BCUT2D eigenvalue weighted by atomic mass is 10.2. The van der Waals surface area contributed by atoms with Gasteiger partial charge < -0.3 is 15.4 Å². The molecule has 1 fully saturated rings. The summed E-state index contributed by atoms with van der Waals surface area (Å²) in [5.74, 6) is 1.19. The average molecular weight is 265 g/mol. The highest BCUT2D eigenvalue weighted by atomic mass is 16.5. The van der Waals surface area contributed by atoms with Gasteiger partial charge >= 0.3 is 0 Å². The smallest absolute Gasteiger partial charge is 0.242 e. The molecule has 1 atom stereocenters. The number of likely N-dealkylation sites (tertiary alicyclic amines) is 1. The summed E-state index contributed by atoms with van der Waals surface area (Å²) in [5, 5.41) is 0. The number of likely N-dealkylation sites (N-methyl/N-ethyl adjacent to an activating group) is 2. The zero-order valence-corrected chi connectivity index (χ0v) is 12.0. The van der Waals surface area contributed by atoms with Gasteiger partial charge in [-0.1, -0.05) is 6.92 Å². The first-order valence-corrected chi connectivity index (χ1v) is 6.77. The van der Waals surface area contributed by atoms with Gasteiger partial charge in [0.25, 0.3) is 0 Å². The van der Waals surface area contributed by atoms with Crippen LogP contribution in [-0.2, 0) is 0 Å². The van der Waals surface area contributed by atoms with E-state index in [0.29, 0.717) is 17.6 Å². The summed E-state index contributed by atoms with van der Waals surface area (Å²) in [6.45, 7) is 5.43. The van der Waals surface area contributed by atoms with Crippen molar-refractivity contribution in [1.82, 2.24) is 14.9 Å². The number of nitrogens with two attached hydrogens (primary N) is 1. The minimum atomic E-state index is 0.440. The zero-order chi connectivity index (χ0) is 13.8. The minimum absolute atomic E-state index is 0.440. The van der Waals surface area contributed by atoms with Crippen molar-refractivity contribution in [2.24, 2.45) is 0 Å². The van der Waals surface area contributed by atoms with Crippen LogP contribution in [0.3, 0.4) is 0 Å². The molecule has 1 aromatic rings. The predicted octanol–water partition coefficient (Wildman–Crippen LogP) is 0.988. The molecule has 0 saturated carbocycles. The third-order valence-corrected chi connectivity index (χ3v) is 3.77. The van der Waals surface area contributed by atoms with Crippen molar-refractivity contribution in [3.8, 4) is 5.88 Å². The predicted molar refractivity (Wildman–Crippen MR) is 76.5 cm³/mol. The van der Waals surface area contributed by atoms with Crippen molar-refractivity contribution in [2.75, 3.05) is 44.4 Å². The summed E-state index contributed by atoms with van der Waals surface area (Å²) < 4.78 is 5.13. The summed E-state index contributed by atoms with van der Waals surface area (Å²) in [6.07, 6.45) is 4.00. The number of aromatic nitrogens is 2. The number of ether oxygens (including phenoxy) is 1. The molecule has 6 nitrogen and oxygen atoms in total. The fourth-order valence-corrected chi connectivity index (χ4v) is 2.76. The molecular formula is C13H23N5O. The topological polar surface area (TPSA) is 67.5 Å². The van der Waals surface area contributed by atoms with Crippen LogP contribution in [0.5, 0.6) is 5.88 Å². The second kappa shape index (κ2) is 6.06. The molecule has 0 spiro atoms. The molecular weight excluding hydrogens is 242 g/mol. The maximum atomic E-state index is 6.03. The molecule has 2 rings (SSSR count). The van der Waals surface area contributed by atoms with Crippen LogP contribution in [0.4, 0.5) is 11.5 Å². The molecule has 0 radical (unpaired) electrons. The number of rotatable bonds is 5. The Balaban J connectivity index is 2.09. The van der Waals surface area contributed by atoms with Gasteiger partial charge in [-0.25, -0.2) is 4.98 Å². The molecule has 0 aromatic carbocycles. The van der Waals surface area contributed by atoms with Gasteiger partial charge in [0.05, 0.1) is 7.11 Å². The first-order chi connectivity index (χ1) is 9.17. The van der Waals surface area contributed by atoms with Crippen LogP contribution in [0.15, 0.2) is 6.33 Å². The van der Waals surface area contributed by atoms with Crippen molar-refractivity contribution in [3.05, 3.63) is 6.33 Å². The largest absolute Gasteiger partial charge is 0.479 e. The molecule has 1 aliphatic rings. The summed E-state index contributed by atoms with van der Waals surface area (Å²) in [4.78, 5) is 12.9. The summed E-state index contributed by atoms with van der Waals surface area (Å²) in [7, 11) is 3.59. The van der Waals surface area contributed by atoms with E-state index in [4.69, 9.17) is 10.5 Å². The molecule has 19 heavy (non-hydrogen) atoms. The molecule has 1 aromatic heterocycles. The molecule has 106 valence electrons. The fourth-order valence-electron chi connectivity index (χ4n) is 2.76. The number of methoxy groups -OCH3 is 1. The lowest BCUT2D eigenvalue weighted by molar-refractivity contribution is 0.270. The van der Waals surface area contributed by atoms with E-state index in [9.17, 15) is 0 Å². The van der Waals surface area contributed by atoms with Gasteiger partial charge in [0.15, 0.2) is 5.82 Å². The van der Waals surface area contributed by atoms with Crippen LogP contribution >= 0.6 is 0 Å². The van der Waals surface area contributed by atoms with E-state index in [-0.39, 0.29) is 0 Å². The zero-order valence-electron chi connectivity index (χ0n) is 12.0. The van der Waals surface area contributed by atoms with Gasteiger partial charge in [0.1, 0.15) is 12.0 Å². The van der Waals surface area contributed by atoms with Crippen LogP contribution in [0.1, 0.15) is 19.8 Å². The van der Waals surface area contributed by atoms with Crippen LogP contribution < -0.4 is 15.4 Å². The van der Waals surface area contributed by atoms with Crippen molar-refractivity contribution >= 4 is 11.5 Å². The van der Waals surface area contributed by atoms with E-state index >= 15 is 0 Å². The van der Waals surface area contributed by atoms with Gasteiger partial charge in [0.2, 0.25) is 5.88 Å². The standard InChI is InChI=1S/C13H23N5O/c1-4-18-7-5-6-10(18)8-17(2)12-11(14)13(19-3)16-9-15-12/h9-10H,4-8,14H2,1-3H3. The quantitative estimate of drug-likeness (QED) is 0.856. The lowest BCUT2D eigenvalue weighted by Crippen LogP contribution is -2.39. The molecule has 6 heteroatoms. The van der Waals surface area contributed by atoms with Crippen LogP contribution in [0, 0.1) is 0 Å². The maximum absolute atomic E-state index is 6.03. The minimum Gasteiger partial charge on any atom is -0.479 e. The Bertz CT molecular complexity index is 425. The first-order valence-electron chi connectivity index (χ1n) is 6.77. The Hall–Kier alpha value is -1.56. The van der Waals surface area contributed by atoms with Gasteiger partial charge in [-0.3, -0.25) is 4.90 Å². The van der Waals surface area contributed by atoms with Crippen molar-refractivity contribution in [2.45, 2.75) is 25.8 Å². The summed E-state index contributed by atoms with van der Waals surface area (Å²) in [6, 6.07) is 0.579. The van der Waals surface area contributed by atoms with Crippen LogP contribution in [-0.4, -0.2) is 54.7 Å². The Morgan fingerprint density at radius 2 is 2.32 bits per heavy atom. The highest BCUT2D eigenvalue weighted by molar-refractivity contribution is 5.67. The molecule has 0 aliphatic carbocycles. The SMILES string of the molecule is CCN1CCCC1CN(C)c1ncnc(OC)c1N. The maximum Gasteiger partial charge on any atom is 0.242 e. The van der Waals surface area contributed by atoms with E-state index in [2.05, 4.69) is 26.7 Å². The van der Waals surface area contributed by atoms with E-state index < -0.39 is 0 Å². The lowest BCUT2D eigenvalue weighted by Gasteiger charge is -2.28. The van der Waals surface area contributed by atoms with Gasteiger partial charge in [-0.15, -0.1) is 0 Å². The molecule has 2 N–H and O–H groups in total. The van der Waals surface area contributed by atoms with Gasteiger partial charge in [-0.2, -0.15) is 4.98 Å². The van der Waals surface area contributed by atoms with Crippen molar-refractivity contribution < 1.29 is 4.74 Å². The number of anilines is 2. The number of nitrogens with zero attached hydrogens (tertiary/aromatic N) is 4. The second-order valence-corrected chi connectivity index (χ2v) is 4.93. The normalized spacial score (nSPS) is 19.6. The highest BCUT2D eigenvalue weighted by Gasteiger charge is 2.25. The van der Waals surface area contributed by atoms with E-state index in [1.54, 1.807) is 7.11 Å². The average Bonchev–Trinajstić information content (AvgIpc) is 2.86. The Kier molecular flexibility index (Phi) is 4.42. The Labute approximate surface area is 114 Å². The molecule has 1 unspecified atom stereocenters. The third-order valence-electron chi connectivity index (χ3n) is 3.77. The van der Waals surface area contributed by atoms with E-state index in [1.807, 2.05) is 7.05 Å². The molecule has 0 bridgehead atoms. The number of hydrogen-bond acceptors (Lipinski definition) is 6. The van der Waals surface area contributed by atoms with E-state index in [0.717, 1.165) is 18.9 Å².